The second-order valence-corrected chi connectivity index (χ2v) is 14.6. The molecule has 13 nitrogen and oxygen atoms in total. The van der Waals surface area contributed by atoms with Gasteiger partial charge < -0.3 is 34.7 Å². The van der Waals surface area contributed by atoms with E-state index in [4.69, 9.17) is 9.51 Å². The van der Waals surface area contributed by atoms with Crippen LogP contribution in [0.5, 0.6) is 0 Å². The van der Waals surface area contributed by atoms with Crippen LogP contribution in [0.3, 0.4) is 0 Å². The number of carboxylic acid groups (broad SMARTS) is 1. The molecule has 5 heterocycles. The number of nitrogens with zero attached hydrogens (tertiary/aromatic N) is 5. The zero-order valence-electron chi connectivity index (χ0n) is 31.4. The standard InChI is InChI=1S/C45H40N8O5/c54-43(34-25-48-58-40(34)33-11-5-2-6-12-33)52-23-7-13-37(52)41-46-26-35(49-41)30-19-15-28(16-20-30)29-17-21-31(22-18-29)36-27-47-42(50-36)38-14-8-24-53(38)44(55)39(51-45(56)57)32-9-3-1-4-10-32/h1-6,9-12,15-22,25-27,37-39,51H,7-8,13-14,23-24H2,(H,46,49)(H,47,50)(H,56,57)/t37-,38-,39+/m0/s1. The van der Waals surface area contributed by atoms with E-state index < -0.39 is 12.1 Å². The Balaban J connectivity index is 0.861. The third-order valence-corrected chi connectivity index (χ3v) is 11.1. The van der Waals surface area contributed by atoms with Crippen molar-refractivity contribution < 1.29 is 24.0 Å². The maximum absolute atomic E-state index is 13.8. The van der Waals surface area contributed by atoms with Crippen LogP contribution in [-0.4, -0.2) is 71.0 Å². The maximum Gasteiger partial charge on any atom is 0.405 e. The van der Waals surface area contributed by atoms with Crippen LogP contribution in [0, 0.1) is 0 Å². The molecule has 2 saturated heterocycles. The molecule has 9 rings (SSSR count). The van der Waals surface area contributed by atoms with Crippen LogP contribution in [0.4, 0.5) is 4.79 Å². The SMILES string of the molecule is O=C(O)N[C@@H](C(=O)N1CCC[C@H]1c1ncc(-c2ccc(-c3ccc(-c4cnc([C@@H]5CCCN5C(=O)c5cnoc5-c5ccccc5)[nH]4)cc3)cc2)[nH]1)c1ccccc1. The molecule has 290 valence electrons. The van der Waals surface area contributed by atoms with Gasteiger partial charge in [-0.05, 0) is 53.5 Å². The first-order chi connectivity index (χ1) is 28.4. The van der Waals surface area contributed by atoms with E-state index in [1.165, 1.54) is 6.20 Å². The summed E-state index contributed by atoms with van der Waals surface area (Å²) in [6.45, 7) is 1.14. The molecule has 0 radical (unpaired) electrons. The van der Waals surface area contributed by atoms with Gasteiger partial charge in [-0.25, -0.2) is 14.8 Å². The number of carbonyl (C=O) groups excluding carboxylic acids is 2. The predicted molar refractivity (Wildman–Crippen MR) is 216 cm³/mol. The first-order valence-corrected chi connectivity index (χ1v) is 19.4. The van der Waals surface area contributed by atoms with Crippen molar-refractivity contribution in [2.24, 2.45) is 0 Å². The van der Waals surface area contributed by atoms with Crippen molar-refractivity contribution in [2.75, 3.05) is 13.1 Å². The summed E-state index contributed by atoms with van der Waals surface area (Å²) in [6, 6.07) is 33.5. The van der Waals surface area contributed by atoms with Gasteiger partial charge in [-0.2, -0.15) is 0 Å². The third-order valence-electron chi connectivity index (χ3n) is 11.1. The average molecular weight is 773 g/mol. The lowest BCUT2D eigenvalue weighted by Gasteiger charge is -2.28. The topological polar surface area (TPSA) is 173 Å². The van der Waals surface area contributed by atoms with Crippen LogP contribution in [0.15, 0.2) is 132 Å². The molecule has 0 bridgehead atoms. The molecule has 0 saturated carbocycles. The smallest absolute Gasteiger partial charge is 0.405 e. The Labute approximate surface area is 333 Å². The van der Waals surface area contributed by atoms with Crippen LogP contribution in [0.1, 0.15) is 71.4 Å². The van der Waals surface area contributed by atoms with E-state index in [1.54, 1.807) is 35.4 Å². The number of hydrogen-bond acceptors (Lipinski definition) is 7. The molecule has 0 aliphatic carbocycles. The number of rotatable bonds is 10. The predicted octanol–water partition coefficient (Wildman–Crippen LogP) is 8.44. The van der Waals surface area contributed by atoms with Crippen molar-refractivity contribution in [3.63, 3.8) is 0 Å². The van der Waals surface area contributed by atoms with Crippen molar-refractivity contribution in [1.82, 2.24) is 40.2 Å². The number of hydrogen-bond donors (Lipinski definition) is 4. The van der Waals surface area contributed by atoms with Crippen molar-refractivity contribution in [3.05, 3.63) is 151 Å². The second-order valence-electron chi connectivity index (χ2n) is 14.6. The minimum Gasteiger partial charge on any atom is -0.465 e. The molecule has 3 aromatic heterocycles. The van der Waals surface area contributed by atoms with Crippen molar-refractivity contribution in [1.29, 1.82) is 0 Å². The number of likely N-dealkylation sites (tertiary alicyclic amines) is 2. The minimum atomic E-state index is -1.26. The average Bonchev–Trinajstić information content (AvgIpc) is 4.12. The van der Waals surface area contributed by atoms with Gasteiger partial charge in [0.05, 0.1) is 42.1 Å². The highest BCUT2D eigenvalue weighted by atomic mass is 16.5. The summed E-state index contributed by atoms with van der Waals surface area (Å²) in [6.07, 6.45) is 7.03. The highest BCUT2D eigenvalue weighted by Gasteiger charge is 2.37. The lowest BCUT2D eigenvalue weighted by atomic mass is 10.0. The summed E-state index contributed by atoms with van der Waals surface area (Å²) in [5.74, 6) is 1.46. The lowest BCUT2D eigenvalue weighted by molar-refractivity contribution is -0.134. The molecule has 4 aromatic carbocycles. The number of aromatic amines is 2. The summed E-state index contributed by atoms with van der Waals surface area (Å²) in [7, 11) is 0. The van der Waals surface area contributed by atoms with E-state index in [9.17, 15) is 19.5 Å². The Morgan fingerprint density at radius 1 is 0.655 bits per heavy atom. The van der Waals surface area contributed by atoms with Gasteiger partial charge in [-0.1, -0.05) is 114 Å². The summed E-state index contributed by atoms with van der Waals surface area (Å²) < 4.78 is 5.50. The summed E-state index contributed by atoms with van der Waals surface area (Å²) in [5.41, 5.74) is 7.59. The first-order valence-electron chi connectivity index (χ1n) is 19.4. The third kappa shape index (κ3) is 7.13. The lowest BCUT2D eigenvalue weighted by Crippen LogP contribution is -2.42. The summed E-state index contributed by atoms with van der Waals surface area (Å²) in [4.78, 5) is 59.0. The number of H-pyrrole nitrogens is 2. The minimum absolute atomic E-state index is 0.124. The Kier molecular flexibility index (Phi) is 9.84. The molecule has 2 aliphatic rings. The molecule has 7 aromatic rings. The normalized spacial score (nSPS) is 17.0. The summed E-state index contributed by atoms with van der Waals surface area (Å²) >= 11 is 0. The van der Waals surface area contributed by atoms with Gasteiger partial charge in [0, 0.05) is 18.7 Å². The molecule has 3 amide bonds. The van der Waals surface area contributed by atoms with E-state index in [0.29, 0.717) is 35.8 Å². The zero-order valence-corrected chi connectivity index (χ0v) is 31.4. The van der Waals surface area contributed by atoms with Crippen molar-refractivity contribution in [3.8, 4) is 45.0 Å². The van der Waals surface area contributed by atoms with Gasteiger partial charge >= 0.3 is 6.09 Å². The fourth-order valence-electron chi connectivity index (χ4n) is 8.17. The zero-order chi connectivity index (χ0) is 39.6. The molecule has 4 N–H and O–H groups in total. The first kappa shape index (κ1) is 36.4. The Bertz CT molecular complexity index is 2550. The second kappa shape index (κ2) is 15.7. The van der Waals surface area contributed by atoms with E-state index >= 15 is 0 Å². The van der Waals surface area contributed by atoms with Crippen LogP contribution in [0.25, 0.3) is 45.0 Å². The van der Waals surface area contributed by atoms with E-state index in [0.717, 1.165) is 70.7 Å². The van der Waals surface area contributed by atoms with Crippen LogP contribution in [0.2, 0.25) is 0 Å². The largest absolute Gasteiger partial charge is 0.465 e. The van der Waals surface area contributed by atoms with E-state index in [2.05, 4.69) is 61.8 Å². The van der Waals surface area contributed by atoms with Crippen LogP contribution >= 0.6 is 0 Å². The van der Waals surface area contributed by atoms with E-state index in [-0.39, 0.29) is 23.9 Å². The van der Waals surface area contributed by atoms with Crippen LogP contribution in [-0.2, 0) is 4.79 Å². The van der Waals surface area contributed by atoms with Gasteiger partial charge in [-0.3, -0.25) is 9.59 Å². The number of amides is 3. The molecule has 0 unspecified atom stereocenters. The number of benzene rings is 4. The highest BCUT2D eigenvalue weighted by Crippen LogP contribution is 2.37. The number of aromatic nitrogens is 5. The van der Waals surface area contributed by atoms with Gasteiger partial charge in [0.25, 0.3) is 11.8 Å². The molecule has 3 atom stereocenters. The fraction of sp³-hybridized carbons (Fsp3) is 0.200. The Morgan fingerprint density at radius 2 is 1.17 bits per heavy atom. The van der Waals surface area contributed by atoms with Gasteiger partial charge in [0.1, 0.15) is 23.3 Å². The van der Waals surface area contributed by atoms with Gasteiger partial charge in [0.2, 0.25) is 0 Å². The Morgan fingerprint density at radius 3 is 1.74 bits per heavy atom. The van der Waals surface area contributed by atoms with E-state index in [1.807, 2.05) is 59.6 Å². The number of imidazole rings is 2. The molecular weight excluding hydrogens is 733 g/mol. The molecule has 0 spiro atoms. The Hall–Kier alpha value is -7.28. The highest BCUT2D eigenvalue weighted by molar-refractivity contribution is 5.99. The van der Waals surface area contributed by atoms with Crippen molar-refractivity contribution in [2.45, 2.75) is 43.8 Å². The monoisotopic (exact) mass is 772 g/mol. The molecule has 2 aliphatic heterocycles. The summed E-state index contributed by atoms with van der Waals surface area (Å²) in [5, 5.41) is 15.8. The fourth-order valence-corrected chi connectivity index (χ4v) is 8.17. The van der Waals surface area contributed by atoms with Crippen LogP contribution < -0.4 is 5.32 Å². The molecule has 13 heteroatoms. The van der Waals surface area contributed by atoms with Crippen molar-refractivity contribution >= 4 is 17.9 Å². The number of nitrogens with one attached hydrogen (secondary N) is 3. The molecule has 2 fully saturated rings. The molecular formula is C45H40N8O5. The van der Waals surface area contributed by atoms with Gasteiger partial charge in [0.15, 0.2) is 5.76 Å². The number of carbonyl (C=O) groups is 3. The van der Waals surface area contributed by atoms with Gasteiger partial charge in [-0.15, -0.1) is 0 Å². The molecule has 58 heavy (non-hydrogen) atoms. The maximum atomic E-state index is 13.8. The quantitative estimate of drug-likeness (QED) is 0.107.